The van der Waals surface area contributed by atoms with Gasteiger partial charge in [-0.1, -0.05) is 23.7 Å². The second kappa shape index (κ2) is 8.31. The minimum atomic E-state index is -1.63. The lowest BCUT2D eigenvalue weighted by molar-refractivity contribution is -0.309. The van der Waals surface area contributed by atoms with E-state index in [-0.39, 0.29) is 18.8 Å². The molecule has 31 heavy (non-hydrogen) atoms. The van der Waals surface area contributed by atoms with Gasteiger partial charge in [0.1, 0.15) is 11.7 Å². The van der Waals surface area contributed by atoms with E-state index in [9.17, 15) is 19.7 Å². The van der Waals surface area contributed by atoms with E-state index in [4.69, 9.17) is 25.8 Å². The zero-order valence-corrected chi connectivity index (χ0v) is 18.1. The van der Waals surface area contributed by atoms with Crippen molar-refractivity contribution < 1.29 is 33.9 Å². The molecule has 0 aromatic heterocycles. The molecule has 1 unspecified atom stereocenters. The van der Waals surface area contributed by atoms with Crippen molar-refractivity contribution in [2.24, 2.45) is 0 Å². The third kappa shape index (κ3) is 3.84. The minimum absolute atomic E-state index is 0.0286. The van der Waals surface area contributed by atoms with Gasteiger partial charge < -0.3 is 29.5 Å². The van der Waals surface area contributed by atoms with Crippen LogP contribution in [0, 0.1) is 5.82 Å². The standard InChI is InChI=1S/C23H26ClFO6/c1-3-29-20-7-4-14(9-18(20)25)8-15-10-16(5-6-17(15)24)23-21(28)19(27)11-22(31-23,12-30-23)13(2)26/h4-7,9-10,13,19,21,26-28H,3,8,11-12H2,1-2H3/t13?,19-,21+,22+,23-/m0/s1. The lowest BCUT2D eigenvalue weighted by atomic mass is 9.83. The molecule has 2 aromatic carbocycles. The Hall–Kier alpha value is -1.74. The Labute approximate surface area is 185 Å². The Kier molecular flexibility index (Phi) is 6.02. The molecule has 2 saturated heterocycles. The summed E-state index contributed by atoms with van der Waals surface area (Å²) in [6.07, 6.45) is -3.01. The van der Waals surface area contributed by atoms with Crippen LogP contribution in [0.1, 0.15) is 37.0 Å². The number of hydrogen-bond acceptors (Lipinski definition) is 6. The highest BCUT2D eigenvalue weighted by molar-refractivity contribution is 6.31. The van der Waals surface area contributed by atoms with Crippen LogP contribution in [0.2, 0.25) is 5.02 Å². The van der Waals surface area contributed by atoms with Crippen LogP contribution in [-0.2, 0) is 21.7 Å². The van der Waals surface area contributed by atoms with Crippen molar-refractivity contribution in [3.05, 3.63) is 63.9 Å². The number of ether oxygens (including phenoxy) is 3. The van der Waals surface area contributed by atoms with E-state index < -0.39 is 35.5 Å². The Balaban J connectivity index is 1.67. The second-order valence-electron chi connectivity index (χ2n) is 8.20. The average Bonchev–Trinajstić information content (AvgIpc) is 3.08. The molecule has 2 aliphatic heterocycles. The van der Waals surface area contributed by atoms with Crippen LogP contribution in [0.15, 0.2) is 36.4 Å². The predicted molar refractivity (Wildman–Crippen MR) is 112 cm³/mol. The fraction of sp³-hybridized carbons (Fsp3) is 0.478. The smallest absolute Gasteiger partial charge is 0.225 e. The maximum Gasteiger partial charge on any atom is 0.225 e. The lowest BCUT2D eigenvalue weighted by Gasteiger charge is -2.44. The van der Waals surface area contributed by atoms with Crippen molar-refractivity contribution in [2.75, 3.05) is 13.2 Å². The monoisotopic (exact) mass is 452 g/mol. The van der Waals surface area contributed by atoms with Gasteiger partial charge in [-0.2, -0.15) is 0 Å². The van der Waals surface area contributed by atoms with Crippen LogP contribution < -0.4 is 4.74 Å². The van der Waals surface area contributed by atoms with Gasteiger partial charge in [0, 0.05) is 17.0 Å². The van der Waals surface area contributed by atoms with E-state index in [0.717, 1.165) is 0 Å². The van der Waals surface area contributed by atoms with Crippen molar-refractivity contribution in [3.63, 3.8) is 0 Å². The molecule has 2 bridgehead atoms. The van der Waals surface area contributed by atoms with Gasteiger partial charge in [0.25, 0.3) is 0 Å². The molecule has 8 heteroatoms. The van der Waals surface area contributed by atoms with Crippen LogP contribution in [-0.4, -0.2) is 52.4 Å². The van der Waals surface area contributed by atoms with Crippen LogP contribution in [0.25, 0.3) is 0 Å². The fourth-order valence-corrected chi connectivity index (χ4v) is 4.50. The molecule has 2 heterocycles. The Morgan fingerprint density at radius 3 is 2.71 bits per heavy atom. The first kappa shape index (κ1) is 22.5. The zero-order valence-electron chi connectivity index (χ0n) is 17.3. The van der Waals surface area contributed by atoms with Crippen LogP contribution >= 0.6 is 11.6 Å². The van der Waals surface area contributed by atoms with Gasteiger partial charge in [-0.05, 0) is 55.7 Å². The van der Waals surface area contributed by atoms with Gasteiger partial charge in [-0.25, -0.2) is 4.39 Å². The second-order valence-corrected chi connectivity index (χ2v) is 8.60. The first-order valence-corrected chi connectivity index (χ1v) is 10.7. The normalized spacial score (nSPS) is 30.9. The molecule has 0 amide bonds. The highest BCUT2D eigenvalue weighted by Crippen LogP contribution is 2.51. The van der Waals surface area contributed by atoms with Gasteiger partial charge >= 0.3 is 0 Å². The third-order valence-electron chi connectivity index (χ3n) is 6.09. The van der Waals surface area contributed by atoms with Gasteiger partial charge in [0.05, 0.1) is 25.4 Å². The number of benzene rings is 2. The largest absolute Gasteiger partial charge is 0.491 e. The van der Waals surface area contributed by atoms with Gasteiger partial charge in [-0.3, -0.25) is 0 Å². The van der Waals surface area contributed by atoms with Gasteiger partial charge in [0.2, 0.25) is 5.79 Å². The molecule has 0 radical (unpaired) electrons. The van der Waals surface area contributed by atoms with Crippen molar-refractivity contribution in [1.82, 2.24) is 0 Å². The van der Waals surface area contributed by atoms with E-state index in [1.165, 1.54) is 6.07 Å². The summed E-state index contributed by atoms with van der Waals surface area (Å²) < 4.78 is 31.5. The van der Waals surface area contributed by atoms with Crippen molar-refractivity contribution in [3.8, 4) is 5.75 Å². The summed E-state index contributed by atoms with van der Waals surface area (Å²) >= 11 is 6.40. The summed E-state index contributed by atoms with van der Waals surface area (Å²) in [5, 5.41) is 31.9. The topological polar surface area (TPSA) is 88.4 Å². The maximum atomic E-state index is 14.3. The average molecular weight is 453 g/mol. The quantitative estimate of drug-likeness (QED) is 0.624. The molecule has 0 spiro atoms. The van der Waals surface area contributed by atoms with E-state index in [0.29, 0.717) is 34.7 Å². The molecular weight excluding hydrogens is 427 g/mol. The summed E-state index contributed by atoms with van der Waals surface area (Å²) in [4.78, 5) is 0. The Morgan fingerprint density at radius 2 is 2.03 bits per heavy atom. The summed E-state index contributed by atoms with van der Waals surface area (Å²) in [6.45, 7) is 3.75. The minimum Gasteiger partial charge on any atom is -0.491 e. The van der Waals surface area contributed by atoms with Crippen LogP contribution in [0.4, 0.5) is 4.39 Å². The van der Waals surface area contributed by atoms with Crippen LogP contribution in [0.3, 0.4) is 0 Å². The molecule has 2 aliphatic rings. The molecule has 168 valence electrons. The molecule has 0 aliphatic carbocycles. The van der Waals surface area contributed by atoms with E-state index in [1.54, 1.807) is 44.2 Å². The SMILES string of the molecule is CCOc1ccc(Cc2cc([C@@]34OC[C@@](C(C)O)(C[C@H](O)[C@H]3O)O4)ccc2Cl)cc1F. The van der Waals surface area contributed by atoms with E-state index in [2.05, 4.69) is 0 Å². The number of aliphatic hydroxyl groups is 3. The number of fused-ring (bicyclic) bond motifs is 2. The predicted octanol–water partition coefficient (Wildman–Crippen LogP) is 2.91. The maximum absolute atomic E-state index is 14.3. The van der Waals surface area contributed by atoms with Crippen molar-refractivity contribution in [1.29, 1.82) is 0 Å². The molecule has 2 aromatic rings. The lowest BCUT2D eigenvalue weighted by Crippen LogP contribution is -2.58. The highest BCUT2D eigenvalue weighted by Gasteiger charge is 2.64. The number of aliphatic hydroxyl groups excluding tert-OH is 3. The first-order chi connectivity index (χ1) is 14.7. The molecular formula is C23H26ClFO6. The Morgan fingerprint density at radius 1 is 1.26 bits per heavy atom. The van der Waals surface area contributed by atoms with Crippen molar-refractivity contribution in [2.45, 2.75) is 56.4 Å². The summed E-state index contributed by atoms with van der Waals surface area (Å²) in [5.41, 5.74) is 0.711. The fourth-order valence-electron chi connectivity index (χ4n) is 4.32. The van der Waals surface area contributed by atoms with Crippen molar-refractivity contribution >= 4 is 11.6 Å². The molecule has 6 nitrogen and oxygen atoms in total. The zero-order chi connectivity index (χ0) is 22.4. The summed E-state index contributed by atoms with van der Waals surface area (Å²) in [6, 6.07) is 9.75. The molecule has 4 rings (SSSR count). The third-order valence-corrected chi connectivity index (χ3v) is 6.46. The van der Waals surface area contributed by atoms with Crippen LogP contribution in [0.5, 0.6) is 5.75 Å². The number of rotatable bonds is 6. The van der Waals surface area contributed by atoms with Gasteiger partial charge in [-0.15, -0.1) is 0 Å². The Bertz CT molecular complexity index is 969. The molecule has 3 N–H and O–H groups in total. The van der Waals surface area contributed by atoms with E-state index in [1.807, 2.05) is 0 Å². The summed E-state index contributed by atoms with van der Waals surface area (Å²) in [7, 11) is 0. The highest BCUT2D eigenvalue weighted by atomic mass is 35.5. The molecule has 5 atom stereocenters. The first-order valence-electron chi connectivity index (χ1n) is 10.3. The molecule has 0 saturated carbocycles. The molecule has 2 fully saturated rings. The summed E-state index contributed by atoms with van der Waals surface area (Å²) in [5.74, 6) is -1.90. The number of hydrogen-bond donors (Lipinski definition) is 3. The van der Waals surface area contributed by atoms with Gasteiger partial charge in [0.15, 0.2) is 11.6 Å². The van der Waals surface area contributed by atoms with E-state index >= 15 is 0 Å². The number of halogens is 2.